The third-order valence-electron chi connectivity index (χ3n) is 9.42. The molecule has 2 rings (SSSR count). The average molecular weight is 579 g/mol. The zero-order chi connectivity index (χ0) is 30.8. The van der Waals surface area contributed by atoms with Crippen LogP contribution in [0.5, 0.6) is 0 Å². The van der Waals surface area contributed by atoms with Crippen LogP contribution in [0.25, 0.3) is 0 Å². The van der Waals surface area contributed by atoms with Crippen molar-refractivity contribution in [1.82, 2.24) is 0 Å². The third kappa shape index (κ3) is 9.72. The topological polar surface area (TPSA) is 107 Å². The van der Waals surface area contributed by atoms with E-state index >= 15 is 0 Å². The molecular formula is C30H62O8Si. The van der Waals surface area contributed by atoms with Gasteiger partial charge in [0.25, 0.3) is 0 Å². The number of aliphatic hydroxyl groups excluding tert-OH is 1. The summed E-state index contributed by atoms with van der Waals surface area (Å²) in [4.78, 5) is 0. The summed E-state index contributed by atoms with van der Waals surface area (Å²) in [5.41, 5.74) is -1.58. The highest BCUT2D eigenvalue weighted by Gasteiger charge is 2.50. The molecule has 39 heavy (non-hydrogen) atoms. The van der Waals surface area contributed by atoms with Gasteiger partial charge in [0.15, 0.2) is 19.9 Å². The number of aliphatic hydroxyl groups is 3. The fourth-order valence-electron chi connectivity index (χ4n) is 4.70. The highest BCUT2D eigenvalue weighted by atomic mass is 28.4. The van der Waals surface area contributed by atoms with E-state index in [0.717, 1.165) is 0 Å². The summed E-state index contributed by atoms with van der Waals surface area (Å²) < 4.78 is 29.9. The molecular weight excluding hydrogens is 516 g/mol. The Morgan fingerprint density at radius 1 is 0.744 bits per heavy atom. The van der Waals surface area contributed by atoms with E-state index in [1.54, 1.807) is 6.92 Å². The van der Waals surface area contributed by atoms with Crippen molar-refractivity contribution in [3.63, 3.8) is 0 Å². The smallest absolute Gasteiger partial charge is 0.192 e. The van der Waals surface area contributed by atoms with Gasteiger partial charge >= 0.3 is 0 Å². The summed E-state index contributed by atoms with van der Waals surface area (Å²) >= 11 is 0. The Balaban J connectivity index is 0.000000416. The molecule has 8 atom stereocenters. The second-order valence-electron chi connectivity index (χ2n) is 14.5. The largest absolute Gasteiger partial charge is 0.414 e. The van der Waals surface area contributed by atoms with E-state index in [-0.39, 0.29) is 47.9 Å². The minimum absolute atomic E-state index is 0.0257. The molecule has 0 unspecified atom stereocenters. The van der Waals surface area contributed by atoms with E-state index in [0.29, 0.717) is 19.4 Å². The minimum Gasteiger partial charge on any atom is -0.414 e. The van der Waals surface area contributed by atoms with Crippen LogP contribution in [0, 0.1) is 11.8 Å². The summed E-state index contributed by atoms with van der Waals surface area (Å²) in [6, 6.07) is 0. The molecule has 2 saturated heterocycles. The number of ether oxygens (including phenoxy) is 4. The molecule has 2 aliphatic heterocycles. The highest BCUT2D eigenvalue weighted by Crippen LogP contribution is 2.41. The number of hydrogen-bond acceptors (Lipinski definition) is 8. The maximum absolute atomic E-state index is 10.6. The molecule has 0 aliphatic carbocycles. The van der Waals surface area contributed by atoms with Gasteiger partial charge in [-0.15, -0.1) is 0 Å². The van der Waals surface area contributed by atoms with Crippen molar-refractivity contribution in [2.75, 3.05) is 13.2 Å². The summed E-state index contributed by atoms with van der Waals surface area (Å²) in [6.45, 7) is 30.7. The van der Waals surface area contributed by atoms with E-state index < -0.39 is 31.1 Å². The molecule has 234 valence electrons. The van der Waals surface area contributed by atoms with Crippen molar-refractivity contribution in [3.05, 3.63) is 0 Å². The van der Waals surface area contributed by atoms with E-state index in [1.165, 1.54) is 0 Å². The first-order valence-electron chi connectivity index (χ1n) is 14.8. The zero-order valence-electron chi connectivity index (χ0n) is 27.7. The van der Waals surface area contributed by atoms with E-state index in [1.807, 2.05) is 62.3 Å². The molecule has 3 N–H and O–H groups in total. The van der Waals surface area contributed by atoms with Crippen molar-refractivity contribution >= 4 is 8.32 Å². The lowest BCUT2D eigenvalue weighted by Crippen LogP contribution is -2.48. The molecule has 0 aromatic carbocycles. The lowest BCUT2D eigenvalue weighted by molar-refractivity contribution is -0.160. The average Bonchev–Trinajstić information content (AvgIpc) is 3.30. The van der Waals surface area contributed by atoms with Gasteiger partial charge < -0.3 is 38.7 Å². The van der Waals surface area contributed by atoms with Gasteiger partial charge in [0.05, 0.1) is 36.6 Å². The molecule has 0 amide bonds. The fourth-order valence-corrected chi connectivity index (χ4v) is 5.72. The molecule has 9 heteroatoms. The molecule has 0 bridgehead atoms. The Bertz CT molecular complexity index is 759. The molecule has 2 aliphatic rings. The summed E-state index contributed by atoms with van der Waals surface area (Å²) in [6.07, 6.45) is 0.395. The molecule has 0 radical (unpaired) electrons. The SMILES string of the molecule is CC[C@](C)(O)[C@H](C)[C@H]1OC(C)(C)O[C@H]1CO.CC[C@](C)(O)[C@H](C)[C@H]1OC(C)(C)O[C@H]1CO[Si](C)(C)C(C)(C)C. The Hall–Kier alpha value is -0.103. The quantitative estimate of drug-likeness (QED) is 0.287. The van der Waals surface area contributed by atoms with Gasteiger partial charge in [0, 0.05) is 11.8 Å². The van der Waals surface area contributed by atoms with Crippen molar-refractivity contribution in [2.45, 2.75) is 168 Å². The van der Waals surface area contributed by atoms with Gasteiger partial charge in [-0.1, -0.05) is 48.5 Å². The molecule has 2 fully saturated rings. The lowest BCUT2D eigenvalue weighted by atomic mass is 9.82. The molecule has 0 aromatic rings. The van der Waals surface area contributed by atoms with Crippen LogP contribution in [0.15, 0.2) is 0 Å². The molecule has 0 spiro atoms. The Labute approximate surface area is 240 Å². The predicted octanol–water partition coefficient (Wildman–Crippen LogP) is 5.62. The van der Waals surface area contributed by atoms with Crippen LogP contribution in [0.3, 0.4) is 0 Å². The van der Waals surface area contributed by atoms with Crippen LogP contribution in [0.2, 0.25) is 18.1 Å². The van der Waals surface area contributed by atoms with Crippen LogP contribution in [-0.4, -0.2) is 84.0 Å². The fraction of sp³-hybridized carbons (Fsp3) is 1.00. The Morgan fingerprint density at radius 3 is 1.44 bits per heavy atom. The van der Waals surface area contributed by atoms with Crippen molar-refractivity contribution in [3.8, 4) is 0 Å². The number of hydrogen-bond donors (Lipinski definition) is 3. The molecule has 0 saturated carbocycles. The first kappa shape index (κ1) is 36.9. The first-order valence-corrected chi connectivity index (χ1v) is 17.7. The van der Waals surface area contributed by atoms with Crippen LogP contribution in [0.1, 0.15) is 103 Å². The molecule has 8 nitrogen and oxygen atoms in total. The molecule has 0 aromatic heterocycles. The Morgan fingerprint density at radius 2 is 1.10 bits per heavy atom. The van der Waals surface area contributed by atoms with Gasteiger partial charge in [-0.2, -0.15) is 0 Å². The number of rotatable bonds is 10. The van der Waals surface area contributed by atoms with Crippen LogP contribution >= 0.6 is 0 Å². The van der Waals surface area contributed by atoms with Gasteiger partial charge in [-0.05, 0) is 72.5 Å². The summed E-state index contributed by atoms with van der Waals surface area (Å²) in [5.74, 6) is -1.43. The van der Waals surface area contributed by atoms with Crippen LogP contribution in [0.4, 0.5) is 0 Å². The predicted molar refractivity (Wildman–Crippen MR) is 158 cm³/mol. The van der Waals surface area contributed by atoms with Gasteiger partial charge in [0.1, 0.15) is 12.2 Å². The van der Waals surface area contributed by atoms with Crippen LogP contribution in [-0.2, 0) is 23.4 Å². The van der Waals surface area contributed by atoms with Gasteiger partial charge in [-0.25, -0.2) is 0 Å². The van der Waals surface area contributed by atoms with Gasteiger partial charge in [-0.3, -0.25) is 0 Å². The third-order valence-corrected chi connectivity index (χ3v) is 13.9. The normalized spacial score (nSPS) is 31.5. The lowest BCUT2D eigenvalue weighted by Gasteiger charge is -2.38. The van der Waals surface area contributed by atoms with Gasteiger partial charge in [0.2, 0.25) is 0 Å². The second-order valence-corrected chi connectivity index (χ2v) is 19.3. The zero-order valence-corrected chi connectivity index (χ0v) is 28.7. The standard InChI is InChI=1S/C18H38O4Si.C12H24O4/c1-11-18(8,19)13(2)15-14(21-17(6,7)22-15)12-20-23(9,10)16(3,4)5;1-6-12(5,14)8(2)10-9(7-13)15-11(3,4)16-10/h13-15,19H,11-12H2,1-10H3;8-10,13-14H,6-7H2,1-5H3/t13-,14+,15-,18+;8-,9+,10-,12+/m11/s1. The second kappa shape index (κ2) is 13.0. The monoisotopic (exact) mass is 578 g/mol. The summed E-state index contributed by atoms with van der Waals surface area (Å²) in [5, 5.41) is 30.3. The van der Waals surface area contributed by atoms with Crippen molar-refractivity contribution in [2.24, 2.45) is 11.8 Å². The van der Waals surface area contributed by atoms with Crippen LogP contribution < -0.4 is 0 Å². The summed E-state index contributed by atoms with van der Waals surface area (Å²) in [7, 11) is -1.84. The van der Waals surface area contributed by atoms with Crippen molar-refractivity contribution < 1.29 is 38.7 Å². The Kier molecular flexibility index (Phi) is 12.3. The van der Waals surface area contributed by atoms with Crippen molar-refractivity contribution in [1.29, 1.82) is 0 Å². The van der Waals surface area contributed by atoms with E-state index in [9.17, 15) is 15.3 Å². The van der Waals surface area contributed by atoms with E-state index in [4.69, 9.17) is 23.4 Å². The highest BCUT2D eigenvalue weighted by molar-refractivity contribution is 6.74. The van der Waals surface area contributed by atoms with E-state index in [2.05, 4.69) is 33.9 Å². The molecule has 2 heterocycles. The first-order chi connectivity index (χ1) is 17.4. The minimum atomic E-state index is -1.84. The maximum atomic E-state index is 10.6. The maximum Gasteiger partial charge on any atom is 0.192 e.